The van der Waals surface area contributed by atoms with Crippen molar-refractivity contribution in [3.05, 3.63) is 59.7 Å². The second-order valence-electron chi connectivity index (χ2n) is 5.27. The van der Waals surface area contributed by atoms with Crippen molar-refractivity contribution in [3.63, 3.8) is 0 Å². The van der Waals surface area contributed by atoms with E-state index in [2.05, 4.69) is 6.07 Å². The van der Waals surface area contributed by atoms with E-state index in [0.29, 0.717) is 17.9 Å². The highest BCUT2D eigenvalue weighted by Crippen LogP contribution is 2.28. The van der Waals surface area contributed by atoms with E-state index in [1.807, 2.05) is 24.3 Å². The molecule has 4 nitrogen and oxygen atoms in total. The molecule has 0 aliphatic carbocycles. The van der Waals surface area contributed by atoms with Gasteiger partial charge in [-0.05, 0) is 43.2 Å². The van der Waals surface area contributed by atoms with Crippen LogP contribution in [0.5, 0.6) is 5.75 Å². The lowest BCUT2D eigenvalue weighted by Crippen LogP contribution is -2.39. The molecule has 1 atom stereocenters. The third kappa shape index (κ3) is 2.66. The van der Waals surface area contributed by atoms with Crippen LogP contribution in [-0.2, 0) is 11.2 Å². The molecule has 0 saturated carbocycles. The molecule has 110 valence electrons. The number of nitrogens with zero attached hydrogens (tertiary/aromatic N) is 2. The average Bonchev–Trinajstić information content (AvgIpc) is 2.98. The molecular weight excluding hydrogens is 276 g/mol. The lowest BCUT2D eigenvalue weighted by atomic mass is 10.2. The third-order valence-corrected chi connectivity index (χ3v) is 3.78. The SMILES string of the molecule is C[C@@H](Oc1cccc(C#N)c1)C(=O)N1CCc2ccccc21. The minimum atomic E-state index is -0.597. The second kappa shape index (κ2) is 5.90. The molecule has 0 spiro atoms. The smallest absolute Gasteiger partial charge is 0.267 e. The molecule has 4 heteroatoms. The number of carbonyl (C=O) groups is 1. The number of fused-ring (bicyclic) bond motifs is 1. The summed E-state index contributed by atoms with van der Waals surface area (Å²) in [6.07, 6.45) is 0.276. The quantitative estimate of drug-likeness (QED) is 0.874. The first-order valence-corrected chi connectivity index (χ1v) is 7.25. The van der Waals surface area contributed by atoms with E-state index in [0.717, 1.165) is 12.1 Å². The third-order valence-electron chi connectivity index (χ3n) is 3.78. The van der Waals surface area contributed by atoms with Crippen molar-refractivity contribution < 1.29 is 9.53 Å². The predicted octanol–water partition coefficient (Wildman–Crippen LogP) is 2.91. The summed E-state index contributed by atoms with van der Waals surface area (Å²) in [6, 6.07) is 16.8. The van der Waals surface area contributed by atoms with Crippen LogP contribution in [0, 0.1) is 11.3 Å². The number of anilines is 1. The summed E-state index contributed by atoms with van der Waals surface area (Å²) < 4.78 is 5.70. The molecule has 1 aliphatic heterocycles. The monoisotopic (exact) mass is 292 g/mol. The molecular formula is C18H16N2O2. The first-order chi connectivity index (χ1) is 10.7. The number of nitriles is 1. The summed E-state index contributed by atoms with van der Waals surface area (Å²) in [5, 5.41) is 8.91. The van der Waals surface area contributed by atoms with Gasteiger partial charge in [0.05, 0.1) is 11.6 Å². The number of rotatable bonds is 3. The van der Waals surface area contributed by atoms with Crippen molar-refractivity contribution in [2.45, 2.75) is 19.4 Å². The summed E-state index contributed by atoms with van der Waals surface area (Å²) in [4.78, 5) is 14.4. The van der Waals surface area contributed by atoms with Crippen LogP contribution in [0.15, 0.2) is 48.5 Å². The standard InChI is InChI=1S/C18H16N2O2/c1-13(22-16-7-4-5-14(11-16)12-19)18(21)20-10-9-15-6-2-3-8-17(15)20/h2-8,11,13H,9-10H2,1H3/t13-/m1/s1. The summed E-state index contributed by atoms with van der Waals surface area (Å²) in [5.74, 6) is 0.472. The predicted molar refractivity (Wildman–Crippen MR) is 83.7 cm³/mol. The van der Waals surface area contributed by atoms with Gasteiger partial charge in [0.15, 0.2) is 6.10 Å². The van der Waals surface area contributed by atoms with Crippen molar-refractivity contribution in [1.29, 1.82) is 5.26 Å². The van der Waals surface area contributed by atoms with Gasteiger partial charge in [0, 0.05) is 12.2 Å². The van der Waals surface area contributed by atoms with Crippen molar-refractivity contribution in [3.8, 4) is 11.8 Å². The van der Waals surface area contributed by atoms with Crippen molar-refractivity contribution in [2.75, 3.05) is 11.4 Å². The zero-order chi connectivity index (χ0) is 15.5. The van der Waals surface area contributed by atoms with Gasteiger partial charge in [0.1, 0.15) is 5.75 Å². The number of ether oxygens (including phenoxy) is 1. The zero-order valence-corrected chi connectivity index (χ0v) is 12.3. The van der Waals surface area contributed by atoms with Gasteiger partial charge in [-0.1, -0.05) is 24.3 Å². The minimum Gasteiger partial charge on any atom is -0.481 e. The van der Waals surface area contributed by atoms with Gasteiger partial charge in [-0.15, -0.1) is 0 Å². The highest BCUT2D eigenvalue weighted by molar-refractivity contribution is 5.98. The number of benzene rings is 2. The van der Waals surface area contributed by atoms with Gasteiger partial charge in [0.2, 0.25) is 0 Å². The van der Waals surface area contributed by atoms with E-state index in [9.17, 15) is 4.79 Å². The van der Waals surface area contributed by atoms with Crippen LogP contribution in [0.2, 0.25) is 0 Å². The number of carbonyl (C=O) groups excluding carboxylic acids is 1. The number of hydrogen-bond donors (Lipinski definition) is 0. The average molecular weight is 292 g/mol. The van der Waals surface area contributed by atoms with E-state index < -0.39 is 6.10 Å². The molecule has 3 rings (SSSR count). The largest absolute Gasteiger partial charge is 0.481 e. The Morgan fingerprint density at radius 3 is 2.91 bits per heavy atom. The molecule has 2 aromatic carbocycles. The Morgan fingerprint density at radius 2 is 2.09 bits per heavy atom. The maximum absolute atomic E-state index is 12.6. The van der Waals surface area contributed by atoms with Crippen LogP contribution in [0.1, 0.15) is 18.1 Å². The summed E-state index contributed by atoms with van der Waals surface area (Å²) in [7, 11) is 0. The Morgan fingerprint density at radius 1 is 1.27 bits per heavy atom. The van der Waals surface area contributed by atoms with Gasteiger partial charge in [-0.2, -0.15) is 5.26 Å². The maximum atomic E-state index is 12.6. The van der Waals surface area contributed by atoms with Crippen molar-refractivity contribution >= 4 is 11.6 Å². The Labute approximate surface area is 129 Å². The highest BCUT2D eigenvalue weighted by atomic mass is 16.5. The summed E-state index contributed by atoms with van der Waals surface area (Å²) in [5.41, 5.74) is 2.67. The fourth-order valence-corrected chi connectivity index (χ4v) is 2.68. The number of amides is 1. The Kier molecular flexibility index (Phi) is 3.80. The van der Waals surface area contributed by atoms with Crippen LogP contribution < -0.4 is 9.64 Å². The molecule has 2 aromatic rings. The number of para-hydroxylation sites is 1. The zero-order valence-electron chi connectivity index (χ0n) is 12.3. The molecule has 0 N–H and O–H groups in total. The van der Waals surface area contributed by atoms with E-state index in [1.165, 1.54) is 5.56 Å². The van der Waals surface area contributed by atoms with Crippen LogP contribution >= 0.6 is 0 Å². The molecule has 0 saturated heterocycles. The molecule has 22 heavy (non-hydrogen) atoms. The normalized spacial score (nSPS) is 14.1. The Bertz CT molecular complexity index is 749. The van der Waals surface area contributed by atoms with Crippen LogP contribution in [0.3, 0.4) is 0 Å². The summed E-state index contributed by atoms with van der Waals surface area (Å²) >= 11 is 0. The first-order valence-electron chi connectivity index (χ1n) is 7.25. The molecule has 0 aromatic heterocycles. The van der Waals surface area contributed by atoms with E-state index in [4.69, 9.17) is 10.00 Å². The lowest BCUT2D eigenvalue weighted by Gasteiger charge is -2.22. The van der Waals surface area contributed by atoms with Gasteiger partial charge >= 0.3 is 0 Å². The molecule has 1 amide bonds. The van der Waals surface area contributed by atoms with Crippen LogP contribution in [0.4, 0.5) is 5.69 Å². The van der Waals surface area contributed by atoms with Crippen LogP contribution in [-0.4, -0.2) is 18.6 Å². The molecule has 0 bridgehead atoms. The van der Waals surface area contributed by atoms with Gasteiger partial charge < -0.3 is 9.64 Å². The van der Waals surface area contributed by atoms with E-state index >= 15 is 0 Å². The molecule has 1 aliphatic rings. The lowest BCUT2D eigenvalue weighted by molar-refractivity contribution is -0.124. The number of hydrogen-bond acceptors (Lipinski definition) is 3. The van der Waals surface area contributed by atoms with E-state index in [1.54, 1.807) is 36.1 Å². The van der Waals surface area contributed by atoms with Crippen molar-refractivity contribution in [2.24, 2.45) is 0 Å². The maximum Gasteiger partial charge on any atom is 0.267 e. The minimum absolute atomic E-state index is 0.0627. The van der Waals surface area contributed by atoms with E-state index in [-0.39, 0.29) is 5.91 Å². The first kappa shape index (κ1) is 14.2. The highest BCUT2D eigenvalue weighted by Gasteiger charge is 2.28. The molecule has 0 unspecified atom stereocenters. The Balaban J connectivity index is 1.74. The fourth-order valence-electron chi connectivity index (χ4n) is 2.68. The van der Waals surface area contributed by atoms with Gasteiger partial charge in [0.25, 0.3) is 5.91 Å². The van der Waals surface area contributed by atoms with Crippen molar-refractivity contribution in [1.82, 2.24) is 0 Å². The fraction of sp³-hybridized carbons (Fsp3) is 0.222. The Hall–Kier alpha value is -2.80. The van der Waals surface area contributed by atoms with Gasteiger partial charge in [-0.25, -0.2) is 0 Å². The van der Waals surface area contributed by atoms with Gasteiger partial charge in [-0.3, -0.25) is 4.79 Å². The van der Waals surface area contributed by atoms with Crippen LogP contribution in [0.25, 0.3) is 0 Å². The summed E-state index contributed by atoms with van der Waals surface area (Å²) in [6.45, 7) is 2.42. The molecule has 0 fully saturated rings. The topological polar surface area (TPSA) is 53.3 Å². The second-order valence-corrected chi connectivity index (χ2v) is 5.27. The molecule has 0 radical (unpaired) electrons. The molecule has 1 heterocycles.